The van der Waals surface area contributed by atoms with Gasteiger partial charge in [0.25, 0.3) is 0 Å². The van der Waals surface area contributed by atoms with Crippen LogP contribution < -0.4 is 5.73 Å². The van der Waals surface area contributed by atoms with Gasteiger partial charge in [-0.25, -0.2) is 0 Å². The van der Waals surface area contributed by atoms with E-state index < -0.39 is 12.1 Å². The summed E-state index contributed by atoms with van der Waals surface area (Å²) in [6.45, 7) is 0. The van der Waals surface area contributed by atoms with Crippen molar-refractivity contribution in [2.24, 2.45) is 11.7 Å². The first-order valence-electron chi connectivity index (χ1n) is 6.52. The Hall–Kier alpha value is -0.290. The lowest BCUT2D eigenvalue weighted by molar-refractivity contribution is 0.0611. The number of nitrogens with two attached hydrogens (primary N) is 1. The molecular formula is C14H21BrClNO2. The first-order chi connectivity index (χ1) is 8.61. The molecule has 1 aliphatic carbocycles. The van der Waals surface area contributed by atoms with Crippen LogP contribution in [0.15, 0.2) is 22.7 Å². The third-order valence-corrected chi connectivity index (χ3v) is 4.52. The lowest BCUT2D eigenvalue weighted by Crippen LogP contribution is -2.34. The molecule has 4 N–H and O–H groups in total. The summed E-state index contributed by atoms with van der Waals surface area (Å²) in [5, 5.41) is 20.3. The van der Waals surface area contributed by atoms with Crippen LogP contribution in [0.25, 0.3) is 0 Å². The van der Waals surface area contributed by atoms with E-state index >= 15 is 0 Å². The molecule has 2 atom stereocenters. The van der Waals surface area contributed by atoms with Crippen LogP contribution in [0.2, 0.25) is 0 Å². The van der Waals surface area contributed by atoms with Gasteiger partial charge in [0.05, 0.1) is 16.6 Å². The summed E-state index contributed by atoms with van der Waals surface area (Å²) in [4.78, 5) is 0. The van der Waals surface area contributed by atoms with Gasteiger partial charge in [-0.2, -0.15) is 0 Å². The normalized spacial score (nSPS) is 19.5. The summed E-state index contributed by atoms with van der Waals surface area (Å²) in [5.41, 5.74) is 6.72. The van der Waals surface area contributed by atoms with Gasteiger partial charge >= 0.3 is 0 Å². The van der Waals surface area contributed by atoms with Crippen molar-refractivity contribution in [3.05, 3.63) is 28.2 Å². The summed E-state index contributed by atoms with van der Waals surface area (Å²) in [6.07, 6.45) is 5.07. The molecule has 108 valence electrons. The number of aliphatic hydroxyl groups is 1. The van der Waals surface area contributed by atoms with Crippen LogP contribution >= 0.6 is 28.3 Å². The van der Waals surface area contributed by atoms with Gasteiger partial charge in [-0.05, 0) is 40.8 Å². The molecule has 0 unspecified atom stereocenters. The molecule has 0 aromatic heterocycles. The highest BCUT2D eigenvalue weighted by Gasteiger charge is 2.29. The third-order valence-electron chi connectivity index (χ3n) is 3.88. The summed E-state index contributed by atoms with van der Waals surface area (Å²) in [7, 11) is 0. The molecule has 5 heteroatoms. The van der Waals surface area contributed by atoms with Gasteiger partial charge in [0.15, 0.2) is 0 Å². The van der Waals surface area contributed by atoms with Gasteiger partial charge in [0.1, 0.15) is 5.75 Å². The minimum absolute atomic E-state index is 0. The molecule has 0 aliphatic heterocycles. The molecule has 1 aliphatic rings. The van der Waals surface area contributed by atoms with Crippen LogP contribution in [0.5, 0.6) is 5.75 Å². The molecule has 0 heterocycles. The SMILES string of the molecule is Cl.N[C@H](c1cccc(Br)c1O)[C@@H](O)C1CCCCC1. The molecule has 19 heavy (non-hydrogen) atoms. The Morgan fingerprint density at radius 3 is 2.47 bits per heavy atom. The number of phenolic OH excluding ortho intramolecular Hbond substituents is 1. The lowest BCUT2D eigenvalue weighted by Gasteiger charge is -2.30. The first kappa shape index (κ1) is 16.8. The van der Waals surface area contributed by atoms with E-state index in [2.05, 4.69) is 15.9 Å². The number of aromatic hydroxyl groups is 1. The highest BCUT2D eigenvalue weighted by Crippen LogP contribution is 2.36. The fourth-order valence-electron chi connectivity index (χ4n) is 2.75. The van der Waals surface area contributed by atoms with Crippen molar-refractivity contribution in [1.29, 1.82) is 0 Å². The fraction of sp³-hybridized carbons (Fsp3) is 0.571. The third kappa shape index (κ3) is 3.85. The van der Waals surface area contributed by atoms with E-state index in [9.17, 15) is 10.2 Å². The van der Waals surface area contributed by atoms with Gasteiger partial charge in [0, 0.05) is 5.56 Å². The Labute approximate surface area is 128 Å². The maximum atomic E-state index is 10.4. The lowest BCUT2D eigenvalue weighted by atomic mass is 9.81. The van der Waals surface area contributed by atoms with E-state index in [0.29, 0.717) is 10.0 Å². The maximum Gasteiger partial charge on any atom is 0.134 e. The van der Waals surface area contributed by atoms with Crippen molar-refractivity contribution in [2.45, 2.75) is 44.2 Å². The summed E-state index contributed by atoms with van der Waals surface area (Å²) in [6, 6.07) is 4.84. The number of halogens is 2. The first-order valence-corrected chi connectivity index (χ1v) is 7.31. The largest absolute Gasteiger partial charge is 0.506 e. The minimum Gasteiger partial charge on any atom is -0.506 e. The Balaban J connectivity index is 0.00000180. The van der Waals surface area contributed by atoms with E-state index in [-0.39, 0.29) is 24.1 Å². The van der Waals surface area contributed by atoms with Gasteiger partial charge < -0.3 is 15.9 Å². The topological polar surface area (TPSA) is 66.5 Å². The van der Waals surface area contributed by atoms with Crippen molar-refractivity contribution in [3.8, 4) is 5.75 Å². The zero-order valence-electron chi connectivity index (χ0n) is 10.8. The van der Waals surface area contributed by atoms with Crippen LogP contribution in [0.3, 0.4) is 0 Å². The van der Waals surface area contributed by atoms with Gasteiger partial charge in [-0.15, -0.1) is 12.4 Å². The zero-order chi connectivity index (χ0) is 13.1. The van der Waals surface area contributed by atoms with Crippen LogP contribution in [0.4, 0.5) is 0 Å². The second-order valence-corrected chi connectivity index (χ2v) is 5.95. The van der Waals surface area contributed by atoms with Crippen molar-refractivity contribution in [2.75, 3.05) is 0 Å². The number of hydrogen-bond acceptors (Lipinski definition) is 3. The highest BCUT2D eigenvalue weighted by atomic mass is 79.9. The van der Waals surface area contributed by atoms with Crippen LogP contribution in [-0.2, 0) is 0 Å². The average molecular weight is 351 g/mol. The number of para-hydroxylation sites is 1. The number of rotatable bonds is 3. The molecule has 0 bridgehead atoms. The number of aliphatic hydroxyl groups excluding tert-OH is 1. The van der Waals surface area contributed by atoms with Crippen LogP contribution in [0.1, 0.15) is 43.7 Å². The van der Waals surface area contributed by atoms with Crippen molar-refractivity contribution in [3.63, 3.8) is 0 Å². The minimum atomic E-state index is -0.578. The van der Waals surface area contributed by atoms with Crippen molar-refractivity contribution >= 4 is 28.3 Å². The predicted molar refractivity (Wildman–Crippen MR) is 82.6 cm³/mol. The Kier molecular flexibility index (Phi) is 6.60. The second kappa shape index (κ2) is 7.48. The summed E-state index contributed by atoms with van der Waals surface area (Å²) >= 11 is 3.27. The Morgan fingerprint density at radius 2 is 1.84 bits per heavy atom. The maximum absolute atomic E-state index is 10.4. The van der Waals surface area contributed by atoms with Gasteiger partial charge in [-0.3, -0.25) is 0 Å². The summed E-state index contributed by atoms with van der Waals surface area (Å²) < 4.78 is 0.617. The van der Waals surface area contributed by atoms with E-state index in [4.69, 9.17) is 5.73 Å². The molecule has 2 rings (SSSR count). The molecule has 1 saturated carbocycles. The molecule has 0 radical (unpaired) electrons. The Morgan fingerprint density at radius 1 is 1.21 bits per heavy atom. The monoisotopic (exact) mass is 349 g/mol. The number of phenols is 1. The number of benzene rings is 1. The van der Waals surface area contributed by atoms with Crippen molar-refractivity contribution in [1.82, 2.24) is 0 Å². The molecule has 0 amide bonds. The molecule has 1 aromatic carbocycles. The smallest absolute Gasteiger partial charge is 0.134 e. The van der Waals surface area contributed by atoms with E-state index in [1.807, 2.05) is 6.07 Å². The second-order valence-electron chi connectivity index (χ2n) is 5.09. The van der Waals surface area contributed by atoms with E-state index in [0.717, 1.165) is 12.8 Å². The molecule has 1 fully saturated rings. The predicted octanol–water partition coefficient (Wildman–Crippen LogP) is 3.52. The average Bonchev–Trinajstić information content (AvgIpc) is 2.41. The quantitative estimate of drug-likeness (QED) is 0.781. The Bertz CT molecular complexity index is 410. The van der Waals surface area contributed by atoms with Crippen LogP contribution in [-0.4, -0.2) is 16.3 Å². The van der Waals surface area contributed by atoms with Gasteiger partial charge in [-0.1, -0.05) is 31.4 Å². The van der Waals surface area contributed by atoms with E-state index in [1.165, 1.54) is 19.3 Å². The van der Waals surface area contributed by atoms with E-state index in [1.54, 1.807) is 12.1 Å². The molecule has 0 saturated heterocycles. The molecular weight excluding hydrogens is 330 g/mol. The molecule has 0 spiro atoms. The van der Waals surface area contributed by atoms with Gasteiger partial charge in [0.2, 0.25) is 0 Å². The number of hydrogen-bond donors (Lipinski definition) is 3. The zero-order valence-corrected chi connectivity index (χ0v) is 13.2. The standard InChI is InChI=1S/C14H20BrNO2.ClH/c15-11-8-4-7-10(14(11)18)12(16)13(17)9-5-2-1-3-6-9;/h4,7-9,12-13,17-18H,1-3,5-6,16H2;1H/t12-,13+;/m1./s1. The fourth-order valence-corrected chi connectivity index (χ4v) is 3.14. The molecule has 3 nitrogen and oxygen atoms in total. The van der Waals surface area contributed by atoms with Crippen molar-refractivity contribution < 1.29 is 10.2 Å². The molecule has 1 aromatic rings. The summed E-state index contributed by atoms with van der Waals surface area (Å²) in [5.74, 6) is 0.395. The van der Waals surface area contributed by atoms with Crippen LogP contribution in [0, 0.1) is 5.92 Å². The highest BCUT2D eigenvalue weighted by molar-refractivity contribution is 9.10.